The number of benzene rings is 2. The van der Waals surface area contributed by atoms with Gasteiger partial charge in [-0.05, 0) is 36.8 Å². The molecule has 3 N–H and O–H groups in total. The van der Waals surface area contributed by atoms with Gasteiger partial charge < -0.3 is 20.5 Å². The van der Waals surface area contributed by atoms with Crippen molar-refractivity contribution in [2.24, 2.45) is 10.7 Å². The van der Waals surface area contributed by atoms with E-state index in [1.807, 2.05) is 61.5 Å². The predicted octanol–water partition coefficient (Wildman–Crippen LogP) is 2.92. The highest BCUT2D eigenvalue weighted by molar-refractivity contribution is 5.78. The summed E-state index contributed by atoms with van der Waals surface area (Å²) in [6, 6.07) is 17.6. The van der Waals surface area contributed by atoms with E-state index in [1.54, 1.807) is 7.11 Å². The first-order valence-electron chi connectivity index (χ1n) is 7.54. The highest BCUT2D eigenvalue weighted by atomic mass is 16.5. The third-order valence-corrected chi connectivity index (χ3v) is 3.15. The zero-order valence-electron chi connectivity index (χ0n) is 13.5. The zero-order chi connectivity index (χ0) is 16.5. The van der Waals surface area contributed by atoms with Crippen molar-refractivity contribution in [3.8, 4) is 11.5 Å². The number of rotatable bonds is 7. The molecule has 0 saturated heterocycles. The number of nitrogens with two attached hydrogens (primary N) is 1. The molecule has 5 nitrogen and oxygen atoms in total. The number of nitrogens with one attached hydrogen (secondary N) is 1. The zero-order valence-corrected chi connectivity index (χ0v) is 13.5. The van der Waals surface area contributed by atoms with Gasteiger partial charge >= 0.3 is 0 Å². The van der Waals surface area contributed by atoms with Crippen molar-refractivity contribution >= 4 is 5.96 Å². The van der Waals surface area contributed by atoms with Crippen LogP contribution in [0.1, 0.15) is 12.5 Å². The Bertz CT molecular complexity index is 612. The lowest BCUT2D eigenvalue weighted by molar-refractivity contribution is 0.179. The molecule has 0 amide bonds. The second-order valence-electron chi connectivity index (χ2n) is 5.26. The summed E-state index contributed by atoms with van der Waals surface area (Å²) in [5.41, 5.74) is 6.91. The molecule has 0 fully saturated rings. The molecule has 0 saturated carbocycles. The minimum atomic E-state index is 0.130. The Morgan fingerprint density at radius 2 is 1.74 bits per heavy atom. The topological polar surface area (TPSA) is 68.9 Å². The first-order chi connectivity index (χ1) is 11.2. The van der Waals surface area contributed by atoms with Gasteiger partial charge in [0.2, 0.25) is 0 Å². The van der Waals surface area contributed by atoms with E-state index in [0.29, 0.717) is 19.1 Å². The van der Waals surface area contributed by atoms with E-state index in [-0.39, 0.29) is 6.04 Å². The van der Waals surface area contributed by atoms with Gasteiger partial charge in [0.25, 0.3) is 0 Å². The maximum Gasteiger partial charge on any atom is 0.189 e. The number of hydrogen-bond acceptors (Lipinski definition) is 3. The van der Waals surface area contributed by atoms with Crippen LogP contribution in [0, 0.1) is 0 Å². The molecule has 2 rings (SSSR count). The van der Waals surface area contributed by atoms with Crippen molar-refractivity contribution in [2.75, 3.05) is 13.7 Å². The molecule has 122 valence electrons. The van der Waals surface area contributed by atoms with E-state index in [2.05, 4.69) is 10.3 Å². The first kappa shape index (κ1) is 16.8. The van der Waals surface area contributed by atoms with E-state index in [4.69, 9.17) is 15.2 Å². The van der Waals surface area contributed by atoms with Gasteiger partial charge in [0.15, 0.2) is 5.96 Å². The Balaban J connectivity index is 1.87. The summed E-state index contributed by atoms with van der Waals surface area (Å²) in [5.74, 6) is 2.03. The fourth-order valence-corrected chi connectivity index (χ4v) is 2.05. The number of nitrogens with zero attached hydrogens (tertiary/aromatic N) is 1. The molecule has 0 aliphatic rings. The van der Waals surface area contributed by atoms with Crippen molar-refractivity contribution in [1.29, 1.82) is 0 Å². The molecule has 0 aliphatic carbocycles. The fourth-order valence-electron chi connectivity index (χ4n) is 2.05. The summed E-state index contributed by atoms with van der Waals surface area (Å²) in [6.07, 6.45) is 0. The van der Waals surface area contributed by atoms with Crippen LogP contribution in [0.25, 0.3) is 0 Å². The highest BCUT2D eigenvalue weighted by Gasteiger charge is 2.02. The largest absolute Gasteiger partial charge is 0.457 e. The van der Waals surface area contributed by atoms with Crippen LogP contribution in [-0.4, -0.2) is 25.7 Å². The van der Waals surface area contributed by atoms with Gasteiger partial charge in [-0.1, -0.05) is 30.3 Å². The molecule has 1 unspecified atom stereocenters. The maximum absolute atomic E-state index is 5.84. The number of hydrogen-bond donors (Lipinski definition) is 2. The Kier molecular flexibility index (Phi) is 6.44. The fraction of sp³-hybridized carbons (Fsp3) is 0.278. The number of aliphatic imine (C=N–C) groups is 1. The normalized spacial score (nSPS) is 12.7. The lowest BCUT2D eigenvalue weighted by Gasteiger charge is -2.13. The maximum atomic E-state index is 5.84. The minimum absolute atomic E-state index is 0.130. The van der Waals surface area contributed by atoms with Gasteiger partial charge in [0.1, 0.15) is 11.5 Å². The van der Waals surface area contributed by atoms with E-state index in [0.717, 1.165) is 17.1 Å². The Morgan fingerprint density at radius 3 is 2.39 bits per heavy atom. The van der Waals surface area contributed by atoms with Crippen LogP contribution in [0.4, 0.5) is 0 Å². The highest BCUT2D eigenvalue weighted by Crippen LogP contribution is 2.21. The molecule has 0 aliphatic heterocycles. The molecular formula is C18H23N3O2. The van der Waals surface area contributed by atoms with Gasteiger partial charge in [0.05, 0.1) is 13.2 Å². The molecule has 2 aromatic rings. The number of methoxy groups -OCH3 is 1. The average Bonchev–Trinajstić information content (AvgIpc) is 2.55. The molecule has 5 heteroatoms. The number of guanidine groups is 1. The number of para-hydroxylation sites is 1. The summed E-state index contributed by atoms with van der Waals surface area (Å²) in [6.45, 7) is 3.09. The smallest absolute Gasteiger partial charge is 0.189 e. The van der Waals surface area contributed by atoms with Crippen LogP contribution in [0.15, 0.2) is 59.6 Å². The Labute approximate surface area is 137 Å². The van der Waals surface area contributed by atoms with Crippen LogP contribution in [-0.2, 0) is 11.3 Å². The van der Waals surface area contributed by atoms with E-state index in [1.165, 1.54) is 0 Å². The first-order valence-corrected chi connectivity index (χ1v) is 7.54. The minimum Gasteiger partial charge on any atom is -0.457 e. The summed E-state index contributed by atoms with van der Waals surface area (Å²) in [7, 11) is 1.66. The summed E-state index contributed by atoms with van der Waals surface area (Å²) >= 11 is 0. The van der Waals surface area contributed by atoms with Gasteiger partial charge in [-0.15, -0.1) is 0 Å². The third kappa shape index (κ3) is 6.00. The predicted molar refractivity (Wildman–Crippen MR) is 92.8 cm³/mol. The summed E-state index contributed by atoms with van der Waals surface area (Å²) in [4.78, 5) is 4.32. The molecule has 0 radical (unpaired) electrons. The van der Waals surface area contributed by atoms with Crippen LogP contribution in [0.5, 0.6) is 11.5 Å². The van der Waals surface area contributed by atoms with Crippen LogP contribution >= 0.6 is 0 Å². The standard InChI is InChI=1S/C18H23N3O2/c1-14(13-22-2)21-18(19)20-12-15-8-10-17(11-9-15)23-16-6-4-3-5-7-16/h3-11,14H,12-13H2,1-2H3,(H3,19,20,21). The van der Waals surface area contributed by atoms with Crippen molar-refractivity contribution in [3.63, 3.8) is 0 Å². The van der Waals surface area contributed by atoms with Crippen molar-refractivity contribution < 1.29 is 9.47 Å². The van der Waals surface area contributed by atoms with E-state index >= 15 is 0 Å². The van der Waals surface area contributed by atoms with Crippen LogP contribution in [0.3, 0.4) is 0 Å². The molecule has 2 aromatic carbocycles. The molecule has 0 heterocycles. The summed E-state index contributed by atoms with van der Waals surface area (Å²) in [5, 5.41) is 3.07. The van der Waals surface area contributed by atoms with Crippen LogP contribution < -0.4 is 15.8 Å². The summed E-state index contributed by atoms with van der Waals surface area (Å²) < 4.78 is 10.8. The number of ether oxygens (including phenoxy) is 2. The monoisotopic (exact) mass is 313 g/mol. The second-order valence-corrected chi connectivity index (χ2v) is 5.26. The van der Waals surface area contributed by atoms with Gasteiger partial charge in [0, 0.05) is 13.2 Å². The molecule has 1 atom stereocenters. The van der Waals surface area contributed by atoms with Crippen LogP contribution in [0.2, 0.25) is 0 Å². The van der Waals surface area contributed by atoms with E-state index < -0.39 is 0 Å². The van der Waals surface area contributed by atoms with Gasteiger partial charge in [-0.3, -0.25) is 0 Å². The Morgan fingerprint density at radius 1 is 1.09 bits per heavy atom. The third-order valence-electron chi connectivity index (χ3n) is 3.15. The Hall–Kier alpha value is -2.53. The lowest BCUT2D eigenvalue weighted by atomic mass is 10.2. The molecule has 0 aromatic heterocycles. The molecule has 23 heavy (non-hydrogen) atoms. The molecule has 0 spiro atoms. The molecule has 0 bridgehead atoms. The second kappa shape index (κ2) is 8.80. The quantitative estimate of drug-likeness (QED) is 0.609. The lowest BCUT2D eigenvalue weighted by Crippen LogP contribution is -2.40. The van der Waals surface area contributed by atoms with Crippen molar-refractivity contribution in [3.05, 3.63) is 60.2 Å². The SMILES string of the molecule is COCC(C)NC(N)=NCc1ccc(Oc2ccccc2)cc1. The van der Waals surface area contributed by atoms with E-state index in [9.17, 15) is 0 Å². The van der Waals surface area contributed by atoms with Gasteiger partial charge in [-0.2, -0.15) is 0 Å². The van der Waals surface area contributed by atoms with Gasteiger partial charge in [-0.25, -0.2) is 4.99 Å². The van der Waals surface area contributed by atoms with Crippen molar-refractivity contribution in [1.82, 2.24) is 5.32 Å². The average molecular weight is 313 g/mol. The van der Waals surface area contributed by atoms with Crippen molar-refractivity contribution in [2.45, 2.75) is 19.5 Å². The molecular weight excluding hydrogens is 290 g/mol.